The number of hydrogen-bond acceptors (Lipinski definition) is 4. The highest BCUT2D eigenvalue weighted by atomic mass is 32.2. The normalized spacial score (nSPS) is 14.3. The lowest BCUT2D eigenvalue weighted by Crippen LogP contribution is -2.27. The maximum Gasteiger partial charge on any atom is 0.255 e. The molecular weight excluding hydrogens is 412 g/mol. The van der Waals surface area contributed by atoms with E-state index in [1.165, 1.54) is 16.4 Å². The van der Waals surface area contributed by atoms with Crippen LogP contribution in [0.2, 0.25) is 0 Å². The predicted molar refractivity (Wildman–Crippen MR) is 120 cm³/mol. The van der Waals surface area contributed by atoms with Crippen LogP contribution in [0.3, 0.4) is 0 Å². The Bertz CT molecular complexity index is 1120. The summed E-state index contributed by atoms with van der Waals surface area (Å²) >= 11 is 0. The monoisotopic (exact) mass is 436 g/mol. The van der Waals surface area contributed by atoms with Gasteiger partial charge in [0.25, 0.3) is 5.91 Å². The summed E-state index contributed by atoms with van der Waals surface area (Å²) in [5, 5.41) is 2.80. The highest BCUT2D eigenvalue weighted by Crippen LogP contribution is 2.22. The molecule has 6 nitrogen and oxygen atoms in total. The smallest absolute Gasteiger partial charge is 0.255 e. The van der Waals surface area contributed by atoms with E-state index in [1.807, 2.05) is 30.3 Å². The van der Waals surface area contributed by atoms with E-state index in [0.717, 1.165) is 18.4 Å². The summed E-state index contributed by atoms with van der Waals surface area (Å²) in [6.07, 6.45) is 1.78. The molecule has 3 aromatic rings. The first-order valence-electron chi connectivity index (χ1n) is 10.2. The van der Waals surface area contributed by atoms with Gasteiger partial charge in [-0.15, -0.1) is 0 Å². The molecule has 1 aliphatic heterocycles. The zero-order chi connectivity index (χ0) is 21.7. The fraction of sp³-hybridized carbons (Fsp3) is 0.208. The molecule has 1 fully saturated rings. The summed E-state index contributed by atoms with van der Waals surface area (Å²) in [6, 6.07) is 23.0. The van der Waals surface area contributed by atoms with Crippen molar-refractivity contribution in [3.63, 3.8) is 0 Å². The Kier molecular flexibility index (Phi) is 6.34. The molecule has 160 valence electrons. The Labute approximate surface area is 182 Å². The second-order valence-electron chi connectivity index (χ2n) is 7.39. The van der Waals surface area contributed by atoms with E-state index in [0.29, 0.717) is 36.7 Å². The van der Waals surface area contributed by atoms with Crippen LogP contribution in [-0.4, -0.2) is 31.7 Å². The molecule has 0 aliphatic carbocycles. The third kappa shape index (κ3) is 5.13. The minimum absolute atomic E-state index is 0.243. The number of nitrogens with zero attached hydrogens (tertiary/aromatic N) is 1. The topological polar surface area (TPSA) is 75.7 Å². The van der Waals surface area contributed by atoms with E-state index in [4.69, 9.17) is 4.74 Å². The Hall–Kier alpha value is -3.16. The van der Waals surface area contributed by atoms with Crippen molar-refractivity contribution in [1.29, 1.82) is 0 Å². The molecule has 0 bridgehead atoms. The minimum Gasteiger partial charge on any atom is -0.489 e. The van der Waals surface area contributed by atoms with Crippen LogP contribution in [-0.2, 0) is 16.6 Å². The van der Waals surface area contributed by atoms with Crippen LogP contribution in [0.4, 0.5) is 5.69 Å². The van der Waals surface area contributed by atoms with E-state index < -0.39 is 10.0 Å². The number of benzene rings is 3. The Morgan fingerprint density at radius 1 is 0.871 bits per heavy atom. The molecule has 1 aliphatic rings. The highest BCUT2D eigenvalue weighted by molar-refractivity contribution is 7.89. The zero-order valence-electron chi connectivity index (χ0n) is 17.0. The zero-order valence-corrected chi connectivity index (χ0v) is 17.8. The first kappa shape index (κ1) is 21.1. The van der Waals surface area contributed by atoms with Crippen LogP contribution in [0.1, 0.15) is 28.8 Å². The summed E-state index contributed by atoms with van der Waals surface area (Å²) in [5.74, 6) is 0.404. The Morgan fingerprint density at radius 2 is 1.52 bits per heavy atom. The largest absolute Gasteiger partial charge is 0.489 e. The van der Waals surface area contributed by atoms with Gasteiger partial charge in [0.2, 0.25) is 10.0 Å². The Morgan fingerprint density at radius 3 is 2.16 bits per heavy atom. The van der Waals surface area contributed by atoms with E-state index in [9.17, 15) is 13.2 Å². The molecule has 3 aromatic carbocycles. The standard InChI is InChI=1S/C24H24N2O4S/c27-24(20-8-12-22(13-9-20)30-18-19-6-2-1-3-7-19)25-21-10-14-23(15-11-21)31(28,29)26-16-4-5-17-26/h1-3,6-15H,4-5,16-18H2,(H,25,27). The van der Waals surface area contributed by atoms with Crippen LogP contribution in [0.25, 0.3) is 0 Å². The average Bonchev–Trinajstić information content (AvgIpc) is 3.35. The van der Waals surface area contributed by atoms with Crippen LogP contribution in [0.5, 0.6) is 5.75 Å². The van der Waals surface area contributed by atoms with Crippen molar-refractivity contribution in [2.75, 3.05) is 18.4 Å². The third-order valence-electron chi connectivity index (χ3n) is 5.18. The number of rotatable bonds is 7. The number of amides is 1. The molecule has 0 spiro atoms. The lowest BCUT2D eigenvalue weighted by Gasteiger charge is -2.15. The van der Waals surface area contributed by atoms with Gasteiger partial charge < -0.3 is 10.1 Å². The van der Waals surface area contributed by atoms with Crippen molar-refractivity contribution in [2.45, 2.75) is 24.3 Å². The van der Waals surface area contributed by atoms with Crippen LogP contribution >= 0.6 is 0 Å². The molecule has 1 saturated heterocycles. The molecule has 1 heterocycles. The molecule has 0 radical (unpaired) electrons. The van der Waals surface area contributed by atoms with Gasteiger partial charge in [-0.3, -0.25) is 4.79 Å². The van der Waals surface area contributed by atoms with E-state index >= 15 is 0 Å². The van der Waals surface area contributed by atoms with Gasteiger partial charge in [-0.2, -0.15) is 4.31 Å². The first-order valence-corrected chi connectivity index (χ1v) is 11.6. The van der Waals surface area contributed by atoms with Crippen LogP contribution < -0.4 is 10.1 Å². The van der Waals surface area contributed by atoms with Gasteiger partial charge in [0.05, 0.1) is 4.90 Å². The summed E-state index contributed by atoms with van der Waals surface area (Å²) in [7, 11) is -3.46. The van der Waals surface area contributed by atoms with Gasteiger partial charge in [-0.05, 0) is 66.9 Å². The van der Waals surface area contributed by atoms with Gasteiger partial charge in [0.15, 0.2) is 0 Å². The lowest BCUT2D eigenvalue weighted by atomic mass is 10.2. The summed E-state index contributed by atoms with van der Waals surface area (Å²) in [6.45, 7) is 1.58. The third-order valence-corrected chi connectivity index (χ3v) is 7.09. The molecule has 0 unspecified atom stereocenters. The number of carbonyl (C=O) groups excluding carboxylic acids is 1. The summed E-state index contributed by atoms with van der Waals surface area (Å²) in [4.78, 5) is 12.8. The lowest BCUT2D eigenvalue weighted by molar-refractivity contribution is 0.102. The maximum absolute atomic E-state index is 12.6. The van der Waals surface area contributed by atoms with Crippen molar-refractivity contribution in [1.82, 2.24) is 4.31 Å². The van der Waals surface area contributed by atoms with Gasteiger partial charge in [0, 0.05) is 24.3 Å². The molecule has 0 aromatic heterocycles. The maximum atomic E-state index is 12.6. The van der Waals surface area contributed by atoms with Gasteiger partial charge in [-0.25, -0.2) is 8.42 Å². The molecule has 0 atom stereocenters. The highest BCUT2D eigenvalue weighted by Gasteiger charge is 2.26. The average molecular weight is 437 g/mol. The fourth-order valence-corrected chi connectivity index (χ4v) is 4.95. The SMILES string of the molecule is O=C(Nc1ccc(S(=O)(=O)N2CCCC2)cc1)c1ccc(OCc2ccccc2)cc1. The number of anilines is 1. The Balaban J connectivity index is 1.35. The minimum atomic E-state index is -3.46. The number of carbonyl (C=O) groups is 1. The second kappa shape index (κ2) is 9.32. The predicted octanol–water partition coefficient (Wildman–Crippen LogP) is 4.30. The summed E-state index contributed by atoms with van der Waals surface area (Å²) < 4.78 is 32.4. The molecule has 7 heteroatoms. The fourth-order valence-electron chi connectivity index (χ4n) is 3.43. The second-order valence-corrected chi connectivity index (χ2v) is 9.33. The van der Waals surface area contributed by atoms with Crippen LogP contribution in [0.15, 0.2) is 83.8 Å². The molecular formula is C24H24N2O4S. The van der Waals surface area contributed by atoms with Gasteiger partial charge in [-0.1, -0.05) is 30.3 Å². The molecule has 1 N–H and O–H groups in total. The van der Waals surface area contributed by atoms with E-state index in [2.05, 4.69) is 5.32 Å². The van der Waals surface area contributed by atoms with Crippen molar-refractivity contribution >= 4 is 21.6 Å². The molecule has 31 heavy (non-hydrogen) atoms. The van der Waals surface area contributed by atoms with Crippen LogP contribution in [0, 0.1) is 0 Å². The van der Waals surface area contributed by atoms with Crippen molar-refractivity contribution in [3.8, 4) is 5.75 Å². The van der Waals surface area contributed by atoms with E-state index in [-0.39, 0.29) is 10.8 Å². The number of sulfonamides is 1. The first-order chi connectivity index (χ1) is 15.0. The molecule has 0 saturated carbocycles. The number of hydrogen-bond donors (Lipinski definition) is 1. The van der Waals surface area contributed by atoms with Gasteiger partial charge in [0.1, 0.15) is 12.4 Å². The quantitative estimate of drug-likeness (QED) is 0.599. The van der Waals surface area contributed by atoms with Gasteiger partial charge >= 0.3 is 0 Å². The van der Waals surface area contributed by atoms with Crippen molar-refractivity contribution < 1.29 is 17.9 Å². The summed E-state index contributed by atoms with van der Waals surface area (Å²) in [5.41, 5.74) is 2.09. The van der Waals surface area contributed by atoms with Crippen molar-refractivity contribution in [2.24, 2.45) is 0 Å². The number of ether oxygens (including phenoxy) is 1. The molecule has 1 amide bonds. The number of nitrogens with one attached hydrogen (secondary N) is 1. The van der Waals surface area contributed by atoms with Crippen molar-refractivity contribution in [3.05, 3.63) is 90.0 Å². The van der Waals surface area contributed by atoms with E-state index in [1.54, 1.807) is 36.4 Å². The molecule has 4 rings (SSSR count).